The van der Waals surface area contributed by atoms with E-state index in [4.69, 9.17) is 5.73 Å². The summed E-state index contributed by atoms with van der Waals surface area (Å²) in [6.07, 6.45) is 2.07. The van der Waals surface area contributed by atoms with Crippen LogP contribution in [0.4, 0.5) is 20.4 Å². The topological polar surface area (TPSA) is 98.0 Å². The van der Waals surface area contributed by atoms with Gasteiger partial charge < -0.3 is 5.73 Å². The zero-order valence-corrected chi connectivity index (χ0v) is 12.0. The van der Waals surface area contributed by atoms with Crippen molar-refractivity contribution in [2.24, 2.45) is 0 Å². The van der Waals surface area contributed by atoms with Gasteiger partial charge in [-0.2, -0.15) is 8.78 Å². The van der Waals surface area contributed by atoms with Gasteiger partial charge in [-0.1, -0.05) is 23.9 Å². The highest BCUT2D eigenvalue weighted by Crippen LogP contribution is 2.32. The van der Waals surface area contributed by atoms with Gasteiger partial charge in [0.2, 0.25) is 5.95 Å². The molecule has 0 radical (unpaired) electrons. The molecule has 0 unspecified atom stereocenters. The van der Waals surface area contributed by atoms with Crippen molar-refractivity contribution < 1.29 is 17.2 Å². The number of nitrogens with one attached hydrogen (secondary N) is 1. The summed E-state index contributed by atoms with van der Waals surface area (Å²) in [5, 5.41) is 0. The van der Waals surface area contributed by atoms with Crippen LogP contribution in [-0.4, -0.2) is 24.1 Å². The normalized spacial score (nSPS) is 11.6. The Morgan fingerprint density at radius 2 is 1.81 bits per heavy atom. The molecule has 2 aromatic rings. The molecule has 10 heteroatoms. The first-order chi connectivity index (χ1) is 9.88. The van der Waals surface area contributed by atoms with Crippen LogP contribution >= 0.6 is 11.8 Å². The van der Waals surface area contributed by atoms with Gasteiger partial charge in [0.15, 0.2) is 0 Å². The summed E-state index contributed by atoms with van der Waals surface area (Å²) < 4.78 is 51.4. The number of nitrogens with two attached hydrogens (primary N) is 1. The Morgan fingerprint density at radius 1 is 1.19 bits per heavy atom. The molecule has 1 aromatic carbocycles. The highest BCUT2D eigenvalue weighted by molar-refractivity contribution is 7.99. The van der Waals surface area contributed by atoms with E-state index in [1.807, 2.05) is 0 Å². The van der Waals surface area contributed by atoms with Gasteiger partial charge in [-0.25, -0.2) is 18.4 Å². The van der Waals surface area contributed by atoms with Crippen molar-refractivity contribution in [1.29, 1.82) is 0 Å². The number of hydrogen-bond acceptors (Lipinski definition) is 6. The molecule has 1 heterocycles. The third-order valence-corrected chi connectivity index (χ3v) is 4.41. The van der Waals surface area contributed by atoms with Gasteiger partial charge in [-0.3, -0.25) is 4.72 Å². The lowest BCUT2D eigenvalue weighted by molar-refractivity contribution is 0.252. The number of nitrogens with zero attached hydrogens (tertiary/aromatic N) is 2. The Labute approximate surface area is 123 Å². The molecule has 0 amide bonds. The van der Waals surface area contributed by atoms with E-state index in [0.29, 0.717) is 0 Å². The van der Waals surface area contributed by atoms with Gasteiger partial charge in [0, 0.05) is 4.90 Å². The van der Waals surface area contributed by atoms with E-state index in [-0.39, 0.29) is 33.2 Å². The molecule has 0 fully saturated rings. The summed E-state index contributed by atoms with van der Waals surface area (Å²) in [5.74, 6) is -2.72. The number of para-hydroxylation sites is 1. The lowest BCUT2D eigenvalue weighted by Gasteiger charge is -2.11. The second-order valence-electron chi connectivity index (χ2n) is 3.76. The van der Waals surface area contributed by atoms with Gasteiger partial charge in [-0.05, 0) is 12.1 Å². The van der Waals surface area contributed by atoms with Crippen LogP contribution in [0.15, 0.2) is 46.5 Å². The molecule has 0 aliphatic heterocycles. The minimum absolute atomic E-state index is 0.0552. The molecular formula is C11H10F2N4O2S2. The summed E-state index contributed by atoms with van der Waals surface area (Å²) in [6.45, 7) is 0. The first-order valence-corrected chi connectivity index (χ1v) is 7.89. The minimum Gasteiger partial charge on any atom is -0.368 e. The van der Waals surface area contributed by atoms with Crippen LogP contribution in [-0.2, 0) is 10.0 Å². The predicted octanol–water partition coefficient (Wildman–Crippen LogP) is 2.17. The summed E-state index contributed by atoms with van der Waals surface area (Å²) in [5.41, 5.74) is 5.33. The second-order valence-corrected chi connectivity index (χ2v) is 6.47. The Hall–Kier alpha value is -1.94. The second kappa shape index (κ2) is 6.22. The average Bonchev–Trinajstić information content (AvgIpc) is 2.40. The van der Waals surface area contributed by atoms with Gasteiger partial charge in [0.05, 0.1) is 18.1 Å². The van der Waals surface area contributed by atoms with E-state index in [9.17, 15) is 17.2 Å². The fraction of sp³-hybridized carbons (Fsp3) is 0.0909. The number of thioether (sulfide) groups is 1. The Kier molecular flexibility index (Phi) is 4.58. The molecule has 112 valence electrons. The number of hydrogen-bond donors (Lipinski definition) is 2. The highest BCUT2D eigenvalue weighted by atomic mass is 32.2. The third-order valence-electron chi connectivity index (χ3n) is 2.31. The zero-order chi connectivity index (χ0) is 15.5. The van der Waals surface area contributed by atoms with Crippen LogP contribution in [0.3, 0.4) is 0 Å². The summed E-state index contributed by atoms with van der Waals surface area (Å²) >= 11 is 0.252. The molecule has 6 nitrogen and oxygen atoms in total. The maximum atomic E-state index is 12.5. The van der Waals surface area contributed by atoms with Gasteiger partial charge in [0.25, 0.3) is 15.8 Å². The van der Waals surface area contributed by atoms with Crippen molar-refractivity contribution in [3.8, 4) is 0 Å². The van der Waals surface area contributed by atoms with Crippen molar-refractivity contribution in [3.05, 3.63) is 36.7 Å². The van der Waals surface area contributed by atoms with Crippen LogP contribution in [0, 0.1) is 0 Å². The molecule has 0 aliphatic carbocycles. The van der Waals surface area contributed by atoms with E-state index >= 15 is 0 Å². The number of anilines is 2. The SMILES string of the molecule is Nc1ncc(S(=O)(=O)Nc2ccccc2SC(F)F)cn1. The molecule has 0 saturated heterocycles. The summed E-state index contributed by atoms with van der Waals surface area (Å²) in [4.78, 5) is 7.06. The maximum Gasteiger partial charge on any atom is 0.288 e. The van der Waals surface area contributed by atoms with E-state index in [1.54, 1.807) is 0 Å². The predicted molar refractivity (Wildman–Crippen MR) is 75.6 cm³/mol. The molecule has 1 aromatic heterocycles. The van der Waals surface area contributed by atoms with Crippen molar-refractivity contribution in [3.63, 3.8) is 0 Å². The Morgan fingerprint density at radius 3 is 2.43 bits per heavy atom. The molecule has 0 saturated carbocycles. The summed E-state index contributed by atoms with van der Waals surface area (Å²) in [6, 6.07) is 5.86. The number of alkyl halides is 2. The molecule has 0 atom stereocenters. The van der Waals surface area contributed by atoms with Crippen LogP contribution in [0.1, 0.15) is 0 Å². The zero-order valence-electron chi connectivity index (χ0n) is 10.4. The number of rotatable bonds is 5. The number of benzene rings is 1. The van der Waals surface area contributed by atoms with Crippen molar-refractivity contribution in [1.82, 2.24) is 9.97 Å². The van der Waals surface area contributed by atoms with Crippen molar-refractivity contribution in [2.45, 2.75) is 15.5 Å². The number of halogens is 2. The monoisotopic (exact) mass is 332 g/mol. The van der Waals surface area contributed by atoms with Crippen molar-refractivity contribution in [2.75, 3.05) is 10.5 Å². The standard InChI is InChI=1S/C11H10F2N4O2S2/c12-10(13)20-9-4-2-1-3-8(9)17-21(18,19)7-5-15-11(14)16-6-7/h1-6,10,17H,(H2,14,15,16). The Bertz CT molecular complexity index is 723. The fourth-order valence-electron chi connectivity index (χ4n) is 1.42. The smallest absolute Gasteiger partial charge is 0.288 e. The Balaban J connectivity index is 2.30. The largest absolute Gasteiger partial charge is 0.368 e. The molecule has 3 N–H and O–H groups in total. The molecule has 21 heavy (non-hydrogen) atoms. The third kappa shape index (κ3) is 4.02. The highest BCUT2D eigenvalue weighted by Gasteiger charge is 2.18. The molecule has 2 rings (SSSR count). The first-order valence-electron chi connectivity index (χ1n) is 5.52. The van der Waals surface area contributed by atoms with Crippen LogP contribution in [0.25, 0.3) is 0 Å². The lowest BCUT2D eigenvalue weighted by atomic mass is 10.3. The van der Waals surface area contributed by atoms with Crippen molar-refractivity contribution >= 4 is 33.4 Å². The van der Waals surface area contributed by atoms with E-state index < -0.39 is 15.8 Å². The van der Waals surface area contributed by atoms with Gasteiger partial charge in [0.1, 0.15) is 4.90 Å². The van der Waals surface area contributed by atoms with E-state index in [2.05, 4.69) is 14.7 Å². The van der Waals surface area contributed by atoms with Crippen LogP contribution < -0.4 is 10.5 Å². The number of nitrogen functional groups attached to an aromatic ring is 1. The van der Waals surface area contributed by atoms with Crippen LogP contribution in [0.5, 0.6) is 0 Å². The minimum atomic E-state index is -3.98. The van der Waals surface area contributed by atoms with E-state index in [0.717, 1.165) is 12.4 Å². The number of aromatic nitrogens is 2. The molecule has 0 bridgehead atoms. The molecule has 0 spiro atoms. The molecular weight excluding hydrogens is 322 g/mol. The summed E-state index contributed by atoms with van der Waals surface area (Å²) in [7, 11) is -3.98. The van der Waals surface area contributed by atoms with Crippen LogP contribution in [0.2, 0.25) is 0 Å². The number of sulfonamides is 1. The maximum absolute atomic E-state index is 12.5. The quantitative estimate of drug-likeness (QED) is 0.814. The average molecular weight is 332 g/mol. The van der Waals surface area contributed by atoms with Gasteiger partial charge >= 0.3 is 0 Å². The molecule has 0 aliphatic rings. The van der Waals surface area contributed by atoms with E-state index in [1.165, 1.54) is 24.3 Å². The van der Waals surface area contributed by atoms with Gasteiger partial charge in [-0.15, -0.1) is 0 Å². The first kappa shape index (κ1) is 15.4. The fourth-order valence-corrected chi connectivity index (χ4v) is 3.05. The lowest BCUT2D eigenvalue weighted by Crippen LogP contribution is -2.14.